The quantitative estimate of drug-likeness (QED) is 0.908. The molecule has 0 unspecified atom stereocenters. The number of halogens is 4. The molecule has 0 spiro atoms. The molecule has 21 heavy (non-hydrogen) atoms. The van der Waals surface area contributed by atoms with Crippen molar-refractivity contribution in [3.63, 3.8) is 0 Å². The van der Waals surface area contributed by atoms with Crippen LogP contribution in [0.5, 0.6) is 0 Å². The monoisotopic (exact) mass is 312 g/mol. The van der Waals surface area contributed by atoms with Crippen molar-refractivity contribution in [2.75, 3.05) is 0 Å². The van der Waals surface area contributed by atoms with Crippen molar-refractivity contribution in [1.29, 1.82) is 0 Å². The van der Waals surface area contributed by atoms with Crippen LogP contribution in [-0.4, -0.2) is 5.91 Å². The fraction of sp³-hybridized carbons (Fsp3) is 0.133. The van der Waals surface area contributed by atoms with Crippen LogP contribution in [-0.2, 0) is 12.7 Å². The van der Waals surface area contributed by atoms with Gasteiger partial charge in [-0.3, -0.25) is 4.79 Å². The minimum absolute atomic E-state index is 0.00663. The Labute approximate surface area is 124 Å². The average Bonchev–Trinajstić information content (AvgIpc) is 2.45. The molecule has 2 aromatic rings. The van der Waals surface area contributed by atoms with Gasteiger partial charge in [0.2, 0.25) is 0 Å². The minimum Gasteiger partial charge on any atom is -0.348 e. The first kappa shape index (κ1) is 15.4. The Hall–Kier alpha value is -2.01. The van der Waals surface area contributed by atoms with Gasteiger partial charge in [0.25, 0.3) is 5.91 Å². The first-order valence-corrected chi connectivity index (χ1v) is 6.35. The van der Waals surface area contributed by atoms with E-state index in [4.69, 9.17) is 11.6 Å². The van der Waals surface area contributed by atoms with Gasteiger partial charge in [0.05, 0.1) is 16.1 Å². The van der Waals surface area contributed by atoms with Gasteiger partial charge in [0.15, 0.2) is 0 Å². The van der Waals surface area contributed by atoms with Crippen LogP contribution in [0.4, 0.5) is 13.2 Å². The number of benzene rings is 2. The highest BCUT2D eigenvalue weighted by Crippen LogP contribution is 2.32. The van der Waals surface area contributed by atoms with Gasteiger partial charge in [-0.2, -0.15) is 13.2 Å². The van der Waals surface area contributed by atoms with Crippen LogP contribution in [0.15, 0.2) is 42.5 Å². The molecule has 0 saturated carbocycles. The van der Waals surface area contributed by atoms with E-state index in [0.29, 0.717) is 0 Å². The molecule has 0 bridgehead atoms. The molecule has 0 aromatic heterocycles. The first-order valence-electron chi connectivity index (χ1n) is 5.98. The summed E-state index contributed by atoms with van der Waals surface area (Å²) in [6.07, 6.45) is -4.49. The number of nitrogens with one attached hydrogen (secondary N) is 1. The molecule has 0 atom stereocenters. The molecule has 0 aliphatic carbocycles. The summed E-state index contributed by atoms with van der Waals surface area (Å²) in [6, 6.07) is 12.4. The van der Waals surface area contributed by atoms with Crippen LogP contribution in [0.1, 0.15) is 21.5 Å². The number of hydrogen-bond acceptors (Lipinski definition) is 1. The van der Waals surface area contributed by atoms with Gasteiger partial charge in [-0.05, 0) is 29.8 Å². The lowest BCUT2D eigenvalue weighted by Gasteiger charge is -2.10. The van der Waals surface area contributed by atoms with Gasteiger partial charge >= 0.3 is 6.18 Å². The zero-order chi connectivity index (χ0) is 15.5. The molecule has 2 rings (SSSR count). The second kappa shape index (κ2) is 6.18. The summed E-state index contributed by atoms with van der Waals surface area (Å²) in [7, 11) is 0. The predicted molar refractivity (Wildman–Crippen MR) is 72.9 cm³/mol. The van der Waals surface area contributed by atoms with Gasteiger partial charge in [0, 0.05) is 6.54 Å². The zero-order valence-corrected chi connectivity index (χ0v) is 11.4. The molecule has 0 aliphatic rings. The average molecular weight is 313 g/mol. The smallest absolute Gasteiger partial charge is 0.348 e. The number of alkyl halides is 3. The normalized spacial score (nSPS) is 11.2. The van der Waals surface area contributed by atoms with Crippen LogP contribution >= 0.6 is 11.6 Å². The number of carbonyl (C=O) groups excluding carboxylic acids is 1. The molecular formula is C15H10ClF3NO. The van der Waals surface area contributed by atoms with E-state index in [0.717, 1.165) is 23.8 Å². The maximum Gasteiger partial charge on any atom is 0.416 e. The van der Waals surface area contributed by atoms with Gasteiger partial charge in [0.1, 0.15) is 0 Å². The van der Waals surface area contributed by atoms with E-state index < -0.39 is 17.6 Å². The summed E-state index contributed by atoms with van der Waals surface area (Å²) >= 11 is 5.75. The lowest BCUT2D eigenvalue weighted by Crippen LogP contribution is -2.23. The van der Waals surface area contributed by atoms with E-state index >= 15 is 0 Å². The molecule has 1 amide bonds. The highest BCUT2D eigenvalue weighted by molar-refractivity contribution is 6.33. The maximum absolute atomic E-state index is 12.5. The van der Waals surface area contributed by atoms with E-state index in [2.05, 4.69) is 11.4 Å². The Balaban J connectivity index is 2.09. The van der Waals surface area contributed by atoms with Gasteiger partial charge in [-0.1, -0.05) is 35.9 Å². The maximum atomic E-state index is 12.5. The van der Waals surface area contributed by atoms with E-state index in [1.54, 1.807) is 24.3 Å². The summed E-state index contributed by atoms with van der Waals surface area (Å²) in [5.74, 6) is -0.526. The van der Waals surface area contributed by atoms with Crippen molar-refractivity contribution in [2.45, 2.75) is 12.7 Å². The lowest BCUT2D eigenvalue weighted by molar-refractivity contribution is -0.137. The number of amides is 1. The Morgan fingerprint density at radius 3 is 2.43 bits per heavy atom. The summed E-state index contributed by atoms with van der Waals surface area (Å²) in [6.45, 7) is 0.255. The van der Waals surface area contributed by atoms with Crippen LogP contribution < -0.4 is 5.32 Å². The topological polar surface area (TPSA) is 29.1 Å². The van der Waals surface area contributed by atoms with Gasteiger partial charge < -0.3 is 5.32 Å². The summed E-state index contributed by atoms with van der Waals surface area (Å²) in [4.78, 5) is 11.9. The van der Waals surface area contributed by atoms with Crippen molar-refractivity contribution < 1.29 is 18.0 Å². The van der Waals surface area contributed by atoms with E-state index in [1.165, 1.54) is 0 Å². The fourth-order valence-corrected chi connectivity index (χ4v) is 1.96. The predicted octanol–water partition coefficient (Wildman–Crippen LogP) is 4.09. The summed E-state index contributed by atoms with van der Waals surface area (Å²) in [5.41, 5.74) is -0.0278. The summed E-state index contributed by atoms with van der Waals surface area (Å²) < 4.78 is 37.5. The van der Waals surface area contributed by atoms with Crippen LogP contribution in [0.25, 0.3) is 0 Å². The minimum atomic E-state index is -4.49. The zero-order valence-electron chi connectivity index (χ0n) is 10.7. The Bertz CT molecular complexity index is 641. The third-order valence-corrected chi connectivity index (χ3v) is 3.09. The second-order valence-electron chi connectivity index (χ2n) is 4.28. The fourth-order valence-electron chi connectivity index (χ4n) is 1.69. The van der Waals surface area contributed by atoms with Gasteiger partial charge in [-0.15, -0.1) is 0 Å². The molecule has 0 saturated heterocycles. The molecular weight excluding hydrogens is 303 g/mol. The van der Waals surface area contributed by atoms with Crippen LogP contribution in [0.2, 0.25) is 5.02 Å². The Morgan fingerprint density at radius 1 is 1.19 bits per heavy atom. The number of hydrogen-bond donors (Lipinski definition) is 1. The van der Waals surface area contributed by atoms with Crippen LogP contribution in [0.3, 0.4) is 0 Å². The summed E-state index contributed by atoms with van der Waals surface area (Å²) in [5, 5.41) is 2.36. The Kier molecular flexibility index (Phi) is 4.53. The molecule has 0 aliphatic heterocycles. The number of carbonyl (C=O) groups is 1. The van der Waals surface area contributed by atoms with Crippen molar-refractivity contribution >= 4 is 17.5 Å². The van der Waals surface area contributed by atoms with Crippen LogP contribution in [0, 0.1) is 6.07 Å². The molecule has 2 nitrogen and oxygen atoms in total. The largest absolute Gasteiger partial charge is 0.416 e. The molecule has 6 heteroatoms. The third-order valence-electron chi connectivity index (χ3n) is 2.78. The van der Waals surface area contributed by atoms with Gasteiger partial charge in [-0.25, -0.2) is 0 Å². The van der Waals surface area contributed by atoms with Crippen molar-refractivity contribution in [3.05, 3.63) is 70.2 Å². The standard InChI is InChI=1S/C15H10ClF3NO/c16-13-8-11(15(17,18)19)6-7-12(13)14(21)20-9-10-4-2-1-3-5-10/h2-8H,9H2,(H,20,21). The Morgan fingerprint density at radius 2 is 1.86 bits per heavy atom. The molecule has 109 valence electrons. The lowest BCUT2D eigenvalue weighted by atomic mass is 10.1. The highest BCUT2D eigenvalue weighted by atomic mass is 35.5. The molecule has 0 heterocycles. The SMILES string of the molecule is O=C(NCc1cc[c]cc1)c1ccc(C(F)(F)F)cc1Cl. The molecule has 2 aromatic carbocycles. The van der Waals surface area contributed by atoms with E-state index in [1.807, 2.05) is 0 Å². The van der Waals surface area contributed by atoms with Crippen molar-refractivity contribution in [1.82, 2.24) is 5.32 Å². The third kappa shape index (κ3) is 3.98. The van der Waals surface area contributed by atoms with E-state index in [-0.39, 0.29) is 17.1 Å². The first-order chi connectivity index (χ1) is 9.88. The molecule has 0 fully saturated rings. The molecule has 1 N–H and O–H groups in total. The second-order valence-corrected chi connectivity index (χ2v) is 4.69. The highest BCUT2D eigenvalue weighted by Gasteiger charge is 2.31. The van der Waals surface area contributed by atoms with Crippen molar-refractivity contribution in [3.8, 4) is 0 Å². The van der Waals surface area contributed by atoms with E-state index in [9.17, 15) is 18.0 Å². The number of rotatable bonds is 3. The van der Waals surface area contributed by atoms with Crippen molar-refractivity contribution in [2.24, 2.45) is 0 Å². The molecule has 1 radical (unpaired) electrons.